The summed E-state index contributed by atoms with van der Waals surface area (Å²) in [4.78, 5) is 40.3. The van der Waals surface area contributed by atoms with Crippen molar-refractivity contribution >= 4 is 35.2 Å². The van der Waals surface area contributed by atoms with E-state index >= 15 is 0 Å². The molecule has 0 heterocycles. The summed E-state index contributed by atoms with van der Waals surface area (Å²) >= 11 is 6.29. The molecule has 0 spiro atoms. The molecule has 0 fully saturated rings. The molecule has 2 rings (SSSR count). The second kappa shape index (κ2) is 12.4. The zero-order valence-corrected chi connectivity index (χ0v) is 21.7. The summed E-state index contributed by atoms with van der Waals surface area (Å²) in [6.45, 7) is 7.34. The number of nitrogens with zero attached hydrogens (tertiary/aromatic N) is 2. The molecule has 2 atom stereocenters. The quantitative estimate of drug-likeness (QED) is 0.458. The Morgan fingerprint density at radius 1 is 1.14 bits per heavy atom. The number of rotatable bonds is 8. The second-order valence-corrected chi connectivity index (χ2v) is 9.65. The molecule has 0 aliphatic rings. The number of alkyl carbamates (subject to hydrolysis) is 1. The number of ether oxygens (including phenoxy) is 1. The van der Waals surface area contributed by atoms with Gasteiger partial charge in [-0.15, -0.1) is 0 Å². The lowest BCUT2D eigenvalue weighted by Crippen LogP contribution is -2.54. The minimum Gasteiger partial charge on any atom is -0.444 e. The topological polar surface area (TPSA) is 132 Å². The van der Waals surface area contributed by atoms with Crippen molar-refractivity contribution in [1.82, 2.24) is 10.2 Å². The van der Waals surface area contributed by atoms with Crippen LogP contribution in [0.15, 0.2) is 42.5 Å². The number of anilines is 1. The minimum absolute atomic E-state index is 0.309. The van der Waals surface area contributed by atoms with Crippen molar-refractivity contribution in [3.8, 4) is 6.07 Å². The lowest BCUT2D eigenvalue weighted by atomic mass is 10.0. The third-order valence-corrected chi connectivity index (χ3v) is 5.43. The van der Waals surface area contributed by atoms with Gasteiger partial charge in [0.05, 0.1) is 23.4 Å². The Kier molecular flexibility index (Phi) is 9.84. The molecule has 3 N–H and O–H groups in total. The maximum atomic E-state index is 13.6. The zero-order valence-electron chi connectivity index (χ0n) is 21.0. The lowest BCUT2D eigenvalue weighted by Gasteiger charge is -2.32. The van der Waals surface area contributed by atoms with Crippen LogP contribution < -0.4 is 10.6 Å². The maximum Gasteiger partial charge on any atom is 0.408 e. The Labute approximate surface area is 216 Å². The first-order chi connectivity index (χ1) is 16.9. The van der Waals surface area contributed by atoms with Crippen molar-refractivity contribution in [2.24, 2.45) is 0 Å². The predicted octanol–water partition coefficient (Wildman–Crippen LogP) is 3.87. The number of nitrogens with one attached hydrogen (secondary N) is 2. The van der Waals surface area contributed by atoms with Gasteiger partial charge in [0, 0.05) is 0 Å². The Morgan fingerprint density at radius 3 is 2.31 bits per heavy atom. The summed E-state index contributed by atoms with van der Waals surface area (Å²) in [6.07, 6.45) is -0.921. The van der Waals surface area contributed by atoms with Crippen molar-refractivity contribution in [2.75, 3.05) is 18.5 Å². The smallest absolute Gasteiger partial charge is 0.408 e. The summed E-state index contributed by atoms with van der Waals surface area (Å²) in [6, 6.07) is 11.2. The van der Waals surface area contributed by atoms with Gasteiger partial charge in [-0.3, -0.25) is 9.59 Å². The van der Waals surface area contributed by atoms with E-state index in [-0.39, 0.29) is 0 Å². The number of aliphatic hydroxyl groups excluding tert-OH is 1. The van der Waals surface area contributed by atoms with E-state index in [2.05, 4.69) is 10.6 Å². The molecule has 2 aromatic carbocycles. The molecule has 2 unspecified atom stereocenters. The molecule has 2 aromatic rings. The number of para-hydroxylation sites is 1. The van der Waals surface area contributed by atoms with Gasteiger partial charge in [0.2, 0.25) is 5.91 Å². The van der Waals surface area contributed by atoms with Crippen molar-refractivity contribution in [3.05, 3.63) is 64.2 Å². The number of halogens is 1. The number of hydrogen-bond acceptors (Lipinski definition) is 6. The van der Waals surface area contributed by atoms with Crippen LogP contribution in [0.4, 0.5) is 10.5 Å². The Hall–Kier alpha value is -3.61. The fourth-order valence-electron chi connectivity index (χ4n) is 3.41. The standard InChI is InChI=1S/C26H31ClN4O5/c1-16-9-11-18(12-10-16)22(23(33)30-21-17(2)7-6-8-19(21)27)31(14-13-28)24(34)20(15-32)29-25(35)36-26(3,4)5/h6-12,20,22,32H,14-15H2,1-5H3,(H,29,35)(H,30,33). The number of aryl methyl sites for hydroxylation is 2. The summed E-state index contributed by atoms with van der Waals surface area (Å²) in [5, 5.41) is 24.8. The van der Waals surface area contributed by atoms with Crippen LogP contribution in [0.2, 0.25) is 5.02 Å². The number of hydrogen-bond donors (Lipinski definition) is 3. The summed E-state index contributed by atoms with van der Waals surface area (Å²) in [7, 11) is 0. The van der Waals surface area contributed by atoms with Crippen molar-refractivity contribution < 1.29 is 24.2 Å². The van der Waals surface area contributed by atoms with Crippen molar-refractivity contribution in [3.63, 3.8) is 0 Å². The van der Waals surface area contributed by atoms with Gasteiger partial charge >= 0.3 is 6.09 Å². The highest BCUT2D eigenvalue weighted by atomic mass is 35.5. The SMILES string of the molecule is Cc1ccc(C(C(=O)Nc2c(C)cccc2Cl)N(CC#N)C(=O)C(CO)NC(=O)OC(C)(C)C)cc1. The monoisotopic (exact) mass is 514 g/mol. The highest BCUT2D eigenvalue weighted by molar-refractivity contribution is 6.34. The van der Waals surface area contributed by atoms with E-state index in [4.69, 9.17) is 16.3 Å². The van der Waals surface area contributed by atoms with Gasteiger partial charge < -0.3 is 25.4 Å². The van der Waals surface area contributed by atoms with E-state index in [0.717, 1.165) is 10.5 Å². The van der Waals surface area contributed by atoms with E-state index in [9.17, 15) is 24.8 Å². The van der Waals surface area contributed by atoms with Gasteiger partial charge in [0.25, 0.3) is 5.91 Å². The van der Waals surface area contributed by atoms with Crippen LogP contribution in [0, 0.1) is 25.2 Å². The summed E-state index contributed by atoms with van der Waals surface area (Å²) in [5.74, 6) is -1.45. The van der Waals surface area contributed by atoms with Crippen LogP contribution in [-0.4, -0.2) is 52.7 Å². The number of nitriles is 1. The molecule has 192 valence electrons. The van der Waals surface area contributed by atoms with Crippen molar-refractivity contribution in [1.29, 1.82) is 5.26 Å². The number of carbonyl (C=O) groups excluding carboxylic acids is 3. The first-order valence-electron chi connectivity index (χ1n) is 11.3. The molecular weight excluding hydrogens is 484 g/mol. The molecule has 3 amide bonds. The molecule has 0 bridgehead atoms. The van der Waals surface area contributed by atoms with E-state index in [1.165, 1.54) is 0 Å². The Morgan fingerprint density at radius 2 is 1.78 bits per heavy atom. The fourth-order valence-corrected chi connectivity index (χ4v) is 3.68. The molecule has 36 heavy (non-hydrogen) atoms. The normalized spacial score (nSPS) is 12.6. The average Bonchev–Trinajstić information content (AvgIpc) is 2.79. The molecular formula is C26H31ClN4O5. The van der Waals surface area contributed by atoms with Crippen molar-refractivity contribution in [2.45, 2.75) is 52.3 Å². The number of carbonyl (C=O) groups is 3. The second-order valence-electron chi connectivity index (χ2n) is 9.24. The van der Waals surface area contributed by atoms with Gasteiger partial charge in [-0.1, -0.05) is 53.6 Å². The van der Waals surface area contributed by atoms with E-state index in [1.54, 1.807) is 70.2 Å². The van der Waals surface area contributed by atoms with Gasteiger partial charge in [0.1, 0.15) is 24.2 Å². The van der Waals surface area contributed by atoms with Gasteiger partial charge in [-0.25, -0.2) is 4.79 Å². The third kappa shape index (κ3) is 7.70. The molecule has 9 nitrogen and oxygen atoms in total. The molecule has 10 heteroatoms. The van der Waals surface area contributed by atoms with Gasteiger partial charge in [-0.2, -0.15) is 5.26 Å². The zero-order chi connectivity index (χ0) is 27.0. The van der Waals surface area contributed by atoms with Crippen LogP contribution in [0.3, 0.4) is 0 Å². The van der Waals surface area contributed by atoms with Gasteiger partial charge in [-0.05, 0) is 51.8 Å². The van der Waals surface area contributed by atoms with Crippen LogP contribution >= 0.6 is 11.6 Å². The summed E-state index contributed by atoms with van der Waals surface area (Å²) in [5.41, 5.74) is 1.60. The number of aliphatic hydroxyl groups is 1. The van der Waals surface area contributed by atoms with E-state index < -0.39 is 48.7 Å². The van der Waals surface area contributed by atoms with Gasteiger partial charge in [0.15, 0.2) is 0 Å². The lowest BCUT2D eigenvalue weighted by molar-refractivity contribution is -0.140. The van der Waals surface area contributed by atoms with Crippen LogP contribution in [-0.2, 0) is 14.3 Å². The minimum atomic E-state index is -1.45. The summed E-state index contributed by atoms with van der Waals surface area (Å²) < 4.78 is 5.18. The van der Waals surface area contributed by atoms with E-state index in [1.807, 2.05) is 13.0 Å². The van der Waals surface area contributed by atoms with Crippen LogP contribution in [0.1, 0.15) is 43.5 Å². The van der Waals surface area contributed by atoms with Crippen LogP contribution in [0.5, 0.6) is 0 Å². The van der Waals surface area contributed by atoms with Crippen LogP contribution in [0.25, 0.3) is 0 Å². The number of amides is 3. The molecule has 0 aromatic heterocycles. The molecule has 0 aliphatic heterocycles. The first kappa shape index (κ1) is 28.6. The Balaban J connectivity index is 2.48. The molecule has 0 aliphatic carbocycles. The molecule has 0 saturated carbocycles. The first-order valence-corrected chi connectivity index (χ1v) is 11.7. The number of benzene rings is 2. The highest BCUT2D eigenvalue weighted by Crippen LogP contribution is 2.29. The maximum absolute atomic E-state index is 13.6. The average molecular weight is 515 g/mol. The fraction of sp³-hybridized carbons (Fsp3) is 0.385. The predicted molar refractivity (Wildman–Crippen MR) is 136 cm³/mol. The third-order valence-electron chi connectivity index (χ3n) is 5.12. The highest BCUT2D eigenvalue weighted by Gasteiger charge is 2.36. The Bertz CT molecular complexity index is 1120. The van der Waals surface area contributed by atoms with E-state index in [0.29, 0.717) is 21.8 Å². The molecule has 0 saturated heterocycles. The largest absolute Gasteiger partial charge is 0.444 e. The molecule has 0 radical (unpaired) electrons.